The first-order valence-corrected chi connectivity index (χ1v) is 9.24. The topological polar surface area (TPSA) is 70.2 Å². The number of aromatic nitrogens is 2. The van der Waals surface area contributed by atoms with Crippen molar-refractivity contribution in [3.8, 4) is 0 Å². The average Bonchev–Trinajstić information content (AvgIpc) is 2.98. The fourth-order valence-corrected chi connectivity index (χ4v) is 3.65. The predicted molar refractivity (Wildman–Crippen MR) is 96.2 cm³/mol. The molecule has 1 aromatic heterocycles. The molecule has 1 aromatic carbocycles. The quantitative estimate of drug-likeness (QED) is 0.872. The van der Waals surface area contributed by atoms with Crippen LogP contribution in [0.2, 0.25) is 0 Å². The molecule has 2 aliphatic rings. The second-order valence-electron chi connectivity index (χ2n) is 7.30. The van der Waals surface area contributed by atoms with Gasteiger partial charge in [-0.2, -0.15) is 0 Å². The number of H-pyrrole nitrogens is 1. The lowest BCUT2D eigenvalue weighted by molar-refractivity contribution is -0.133. The fourth-order valence-electron chi connectivity index (χ4n) is 3.65. The number of amides is 1. The van der Waals surface area contributed by atoms with E-state index in [1.165, 1.54) is 24.8 Å². The van der Waals surface area contributed by atoms with Crippen molar-refractivity contribution in [2.45, 2.75) is 38.8 Å². The highest BCUT2D eigenvalue weighted by Gasteiger charge is 2.32. The molecule has 2 fully saturated rings. The van der Waals surface area contributed by atoms with Crippen LogP contribution < -0.4 is 5.32 Å². The number of carbonyl (C=O) groups is 1. The first kappa shape index (κ1) is 16.5. The van der Waals surface area contributed by atoms with Gasteiger partial charge in [-0.1, -0.05) is 12.5 Å². The van der Waals surface area contributed by atoms with Crippen LogP contribution in [0.5, 0.6) is 0 Å². The van der Waals surface area contributed by atoms with Gasteiger partial charge in [0.2, 0.25) is 5.91 Å². The van der Waals surface area contributed by atoms with E-state index in [4.69, 9.17) is 4.74 Å². The number of ether oxygens (including phenoxy) is 1. The Hall–Kier alpha value is -1.92. The zero-order valence-electron chi connectivity index (χ0n) is 14.8. The van der Waals surface area contributed by atoms with Crippen LogP contribution in [0.4, 0.5) is 0 Å². The van der Waals surface area contributed by atoms with Crippen molar-refractivity contribution < 1.29 is 9.53 Å². The number of hydrogen-bond donors (Lipinski definition) is 2. The van der Waals surface area contributed by atoms with Crippen molar-refractivity contribution in [1.29, 1.82) is 0 Å². The van der Waals surface area contributed by atoms with Gasteiger partial charge in [0.15, 0.2) is 0 Å². The predicted octanol–water partition coefficient (Wildman–Crippen LogP) is 1.99. The molecule has 0 unspecified atom stereocenters. The molecule has 4 rings (SSSR count). The first-order chi connectivity index (χ1) is 12.2. The number of hydrogen-bond acceptors (Lipinski definition) is 4. The summed E-state index contributed by atoms with van der Waals surface area (Å²) >= 11 is 0. The summed E-state index contributed by atoms with van der Waals surface area (Å²) in [5, 5.41) is 3.03. The maximum Gasteiger partial charge on any atom is 0.240 e. The van der Waals surface area contributed by atoms with Crippen LogP contribution in [0.3, 0.4) is 0 Å². The van der Waals surface area contributed by atoms with Gasteiger partial charge in [-0.15, -0.1) is 0 Å². The molecule has 2 N–H and O–H groups in total. The minimum Gasteiger partial charge on any atom is -0.378 e. The number of benzene rings is 1. The molecule has 0 radical (unpaired) electrons. The van der Waals surface area contributed by atoms with E-state index in [1.54, 1.807) is 0 Å². The minimum absolute atomic E-state index is 0.0376. The van der Waals surface area contributed by atoms with Crippen molar-refractivity contribution >= 4 is 16.9 Å². The Balaban J connectivity index is 1.37. The molecule has 0 bridgehead atoms. The van der Waals surface area contributed by atoms with Gasteiger partial charge in [-0.25, -0.2) is 4.98 Å². The maximum atomic E-state index is 12.7. The Morgan fingerprint density at radius 1 is 1.44 bits per heavy atom. The SMILES string of the molecule is Cc1ccc2nc(CNC(=O)[C@@H]3COCCN3CC3CCC3)[nH]c2c1. The number of morpholine rings is 1. The Morgan fingerprint density at radius 3 is 3.12 bits per heavy atom. The highest BCUT2D eigenvalue weighted by molar-refractivity contribution is 5.82. The Morgan fingerprint density at radius 2 is 2.32 bits per heavy atom. The molecule has 2 aromatic rings. The number of carbonyl (C=O) groups excluding carboxylic acids is 1. The monoisotopic (exact) mass is 342 g/mol. The molecule has 134 valence electrons. The normalized spacial score (nSPS) is 22.0. The van der Waals surface area contributed by atoms with Crippen molar-refractivity contribution in [1.82, 2.24) is 20.2 Å². The van der Waals surface area contributed by atoms with E-state index in [0.29, 0.717) is 13.2 Å². The molecular formula is C19H26N4O2. The third-order valence-corrected chi connectivity index (χ3v) is 5.38. The summed E-state index contributed by atoms with van der Waals surface area (Å²) in [5.74, 6) is 1.58. The summed E-state index contributed by atoms with van der Waals surface area (Å²) in [6.07, 6.45) is 3.92. The van der Waals surface area contributed by atoms with Crippen LogP contribution >= 0.6 is 0 Å². The molecule has 6 nitrogen and oxygen atoms in total. The Kier molecular flexibility index (Phi) is 4.72. The van der Waals surface area contributed by atoms with Crippen molar-refractivity contribution in [3.63, 3.8) is 0 Å². The molecule has 1 aliphatic carbocycles. The lowest BCUT2D eigenvalue weighted by atomic mass is 9.84. The Labute approximate surface area is 147 Å². The summed E-state index contributed by atoms with van der Waals surface area (Å²) in [6, 6.07) is 5.94. The maximum absolute atomic E-state index is 12.7. The van der Waals surface area contributed by atoms with Crippen LogP contribution in [-0.2, 0) is 16.1 Å². The molecule has 6 heteroatoms. The number of imidazole rings is 1. The zero-order chi connectivity index (χ0) is 17.2. The summed E-state index contributed by atoms with van der Waals surface area (Å²) in [5.41, 5.74) is 3.14. The first-order valence-electron chi connectivity index (χ1n) is 9.24. The largest absolute Gasteiger partial charge is 0.378 e. The van der Waals surface area contributed by atoms with E-state index < -0.39 is 0 Å². The van der Waals surface area contributed by atoms with E-state index in [1.807, 2.05) is 12.1 Å². The van der Waals surface area contributed by atoms with Gasteiger partial charge in [0.1, 0.15) is 11.9 Å². The van der Waals surface area contributed by atoms with Crippen molar-refractivity contribution in [2.75, 3.05) is 26.3 Å². The smallest absolute Gasteiger partial charge is 0.240 e. The molecule has 25 heavy (non-hydrogen) atoms. The summed E-state index contributed by atoms with van der Waals surface area (Å²) < 4.78 is 5.55. The molecule has 1 saturated heterocycles. The second-order valence-corrected chi connectivity index (χ2v) is 7.30. The number of nitrogens with one attached hydrogen (secondary N) is 2. The van der Waals surface area contributed by atoms with Gasteiger partial charge >= 0.3 is 0 Å². The van der Waals surface area contributed by atoms with E-state index in [0.717, 1.165) is 42.5 Å². The van der Waals surface area contributed by atoms with Crippen LogP contribution in [-0.4, -0.2) is 53.1 Å². The van der Waals surface area contributed by atoms with Gasteiger partial charge < -0.3 is 15.0 Å². The van der Waals surface area contributed by atoms with Crippen LogP contribution in [0, 0.1) is 12.8 Å². The summed E-state index contributed by atoms with van der Waals surface area (Å²) in [4.78, 5) is 22.8. The molecule has 2 heterocycles. The van der Waals surface area contributed by atoms with Gasteiger partial charge in [0, 0.05) is 13.1 Å². The third-order valence-electron chi connectivity index (χ3n) is 5.38. The molecule has 1 amide bonds. The van der Waals surface area contributed by atoms with E-state index in [-0.39, 0.29) is 11.9 Å². The van der Waals surface area contributed by atoms with Crippen LogP contribution in [0.1, 0.15) is 30.7 Å². The summed E-state index contributed by atoms with van der Waals surface area (Å²) in [6.45, 7) is 5.54. The van der Waals surface area contributed by atoms with E-state index in [9.17, 15) is 4.79 Å². The number of nitrogens with zero attached hydrogens (tertiary/aromatic N) is 2. The van der Waals surface area contributed by atoms with Gasteiger partial charge in [-0.3, -0.25) is 9.69 Å². The molecule has 1 aliphatic heterocycles. The van der Waals surface area contributed by atoms with E-state index >= 15 is 0 Å². The highest BCUT2D eigenvalue weighted by Crippen LogP contribution is 2.28. The average molecular weight is 342 g/mol. The number of fused-ring (bicyclic) bond motifs is 1. The number of aromatic amines is 1. The van der Waals surface area contributed by atoms with Gasteiger partial charge in [-0.05, 0) is 43.4 Å². The number of aryl methyl sites for hydroxylation is 1. The fraction of sp³-hybridized carbons (Fsp3) is 0.579. The van der Waals surface area contributed by atoms with Gasteiger partial charge in [0.25, 0.3) is 0 Å². The molecule has 0 spiro atoms. The molecular weight excluding hydrogens is 316 g/mol. The lowest BCUT2D eigenvalue weighted by Crippen LogP contribution is -2.55. The lowest BCUT2D eigenvalue weighted by Gasteiger charge is -2.39. The molecule has 1 saturated carbocycles. The highest BCUT2D eigenvalue weighted by atomic mass is 16.5. The minimum atomic E-state index is -0.180. The number of rotatable bonds is 5. The zero-order valence-corrected chi connectivity index (χ0v) is 14.8. The van der Waals surface area contributed by atoms with E-state index in [2.05, 4.69) is 33.2 Å². The summed E-state index contributed by atoms with van der Waals surface area (Å²) in [7, 11) is 0. The third kappa shape index (κ3) is 3.70. The van der Waals surface area contributed by atoms with Crippen molar-refractivity contribution in [2.24, 2.45) is 5.92 Å². The van der Waals surface area contributed by atoms with Gasteiger partial charge in [0.05, 0.1) is 30.8 Å². The molecule has 1 atom stereocenters. The van der Waals surface area contributed by atoms with Crippen LogP contribution in [0.15, 0.2) is 18.2 Å². The van der Waals surface area contributed by atoms with Crippen molar-refractivity contribution in [3.05, 3.63) is 29.6 Å². The Bertz CT molecular complexity index is 753. The van der Waals surface area contributed by atoms with Crippen LogP contribution in [0.25, 0.3) is 11.0 Å². The second kappa shape index (κ2) is 7.14. The standard InChI is InChI=1S/C19H26N4O2/c1-13-5-6-15-16(9-13)22-18(21-15)10-20-19(24)17-12-25-8-7-23(17)11-14-3-2-4-14/h5-6,9,14,17H,2-4,7-8,10-12H2,1H3,(H,20,24)(H,21,22)/t17-/m0/s1.